The van der Waals surface area contributed by atoms with E-state index in [2.05, 4.69) is 0 Å². The maximum absolute atomic E-state index is 13.0. The number of sulfonamides is 2. The van der Waals surface area contributed by atoms with Crippen molar-refractivity contribution in [2.75, 3.05) is 31.6 Å². The molecule has 0 spiro atoms. The van der Waals surface area contributed by atoms with Crippen molar-refractivity contribution in [2.45, 2.75) is 23.6 Å². The molecular formula is C18H23ClN2O5S2. The number of likely N-dealkylation sites (N-methyl/N-ethyl adjacent to an activating group) is 1. The number of anilines is 1. The average Bonchev–Trinajstić information content (AvgIpc) is 2.61. The van der Waals surface area contributed by atoms with Crippen LogP contribution in [0.2, 0.25) is 5.02 Å². The Kier molecular flexibility index (Phi) is 6.78. The topological polar surface area (TPSA) is 95.0 Å². The summed E-state index contributed by atoms with van der Waals surface area (Å²) in [4.78, 5) is 0.0309. The molecule has 0 bridgehead atoms. The van der Waals surface area contributed by atoms with E-state index in [1.54, 1.807) is 19.9 Å². The van der Waals surface area contributed by atoms with Gasteiger partial charge in [-0.1, -0.05) is 17.7 Å². The lowest BCUT2D eigenvalue weighted by atomic mass is 10.1. The third-order valence-corrected chi connectivity index (χ3v) is 8.44. The molecule has 0 aliphatic rings. The van der Waals surface area contributed by atoms with Gasteiger partial charge in [0.15, 0.2) is 0 Å². The molecular weight excluding hydrogens is 424 g/mol. The smallest absolute Gasteiger partial charge is 0.264 e. The maximum atomic E-state index is 13.0. The molecule has 0 atom stereocenters. The van der Waals surface area contributed by atoms with Gasteiger partial charge in [-0.15, -0.1) is 0 Å². The minimum Gasteiger partial charge on any atom is -0.395 e. The SMILES string of the molecule is Cc1cc(C)c(S(=O)(=O)N(C)CCO)cc1N(C)S(=O)(=O)c1ccc(Cl)cc1. The van der Waals surface area contributed by atoms with Gasteiger partial charge in [-0.2, -0.15) is 4.31 Å². The highest BCUT2D eigenvalue weighted by Gasteiger charge is 2.27. The van der Waals surface area contributed by atoms with E-state index in [0.29, 0.717) is 16.1 Å². The number of halogens is 1. The van der Waals surface area contributed by atoms with Gasteiger partial charge < -0.3 is 5.11 Å². The van der Waals surface area contributed by atoms with Crippen molar-refractivity contribution in [2.24, 2.45) is 0 Å². The minimum absolute atomic E-state index is 0.0118. The van der Waals surface area contributed by atoms with Crippen LogP contribution in [0.3, 0.4) is 0 Å². The van der Waals surface area contributed by atoms with E-state index in [4.69, 9.17) is 16.7 Å². The first-order valence-corrected chi connectivity index (χ1v) is 11.6. The molecule has 0 radical (unpaired) electrons. The first kappa shape index (κ1) is 22.6. The first-order valence-electron chi connectivity index (χ1n) is 8.36. The predicted octanol–water partition coefficient (Wildman–Crippen LogP) is 2.39. The molecule has 2 rings (SSSR count). The molecule has 7 nitrogen and oxygen atoms in total. The molecule has 2 aromatic carbocycles. The van der Waals surface area contributed by atoms with Crippen LogP contribution in [0.1, 0.15) is 11.1 Å². The fourth-order valence-electron chi connectivity index (χ4n) is 2.76. The molecule has 0 amide bonds. The zero-order chi connectivity index (χ0) is 21.3. The van der Waals surface area contributed by atoms with Gasteiger partial charge in [0.05, 0.1) is 22.1 Å². The van der Waals surface area contributed by atoms with Crippen molar-refractivity contribution in [3.8, 4) is 0 Å². The molecule has 0 saturated heterocycles. The van der Waals surface area contributed by atoms with Gasteiger partial charge in [-0.05, 0) is 55.3 Å². The molecule has 0 saturated carbocycles. The highest BCUT2D eigenvalue weighted by atomic mass is 35.5. The van der Waals surface area contributed by atoms with E-state index in [1.807, 2.05) is 0 Å². The summed E-state index contributed by atoms with van der Waals surface area (Å²) in [5.41, 5.74) is 1.35. The fourth-order valence-corrected chi connectivity index (χ4v) is 5.52. The largest absolute Gasteiger partial charge is 0.395 e. The second-order valence-corrected chi connectivity index (χ2v) is 10.8. The second-order valence-electron chi connectivity index (χ2n) is 6.38. The molecule has 0 aromatic heterocycles. The zero-order valence-electron chi connectivity index (χ0n) is 16.0. The Morgan fingerprint density at radius 3 is 2.04 bits per heavy atom. The number of aliphatic hydroxyl groups excluding tert-OH is 1. The van der Waals surface area contributed by atoms with Crippen LogP contribution in [0.4, 0.5) is 5.69 Å². The van der Waals surface area contributed by atoms with E-state index in [-0.39, 0.29) is 28.6 Å². The molecule has 2 aromatic rings. The predicted molar refractivity (Wildman–Crippen MR) is 110 cm³/mol. The molecule has 0 fully saturated rings. The molecule has 0 aliphatic carbocycles. The summed E-state index contributed by atoms with van der Waals surface area (Å²) in [6, 6.07) is 8.72. The number of hydrogen-bond acceptors (Lipinski definition) is 5. The van der Waals surface area contributed by atoms with Crippen LogP contribution in [0.25, 0.3) is 0 Å². The van der Waals surface area contributed by atoms with E-state index in [0.717, 1.165) is 8.61 Å². The van der Waals surface area contributed by atoms with Crippen molar-refractivity contribution in [3.63, 3.8) is 0 Å². The summed E-state index contributed by atoms with van der Waals surface area (Å²) >= 11 is 5.83. The van der Waals surface area contributed by atoms with Crippen LogP contribution in [-0.4, -0.2) is 53.5 Å². The number of aryl methyl sites for hydroxylation is 2. The summed E-state index contributed by atoms with van der Waals surface area (Å²) in [5.74, 6) is 0. The molecule has 10 heteroatoms. The monoisotopic (exact) mass is 446 g/mol. The molecule has 0 heterocycles. The van der Waals surface area contributed by atoms with E-state index in [9.17, 15) is 16.8 Å². The number of rotatable bonds is 7. The van der Waals surface area contributed by atoms with Crippen molar-refractivity contribution < 1.29 is 21.9 Å². The highest BCUT2D eigenvalue weighted by molar-refractivity contribution is 7.92. The van der Waals surface area contributed by atoms with Gasteiger partial charge in [-0.25, -0.2) is 16.8 Å². The van der Waals surface area contributed by atoms with Crippen LogP contribution in [-0.2, 0) is 20.0 Å². The van der Waals surface area contributed by atoms with Crippen LogP contribution < -0.4 is 4.31 Å². The van der Waals surface area contributed by atoms with Gasteiger partial charge in [0.1, 0.15) is 0 Å². The van der Waals surface area contributed by atoms with Crippen LogP contribution in [0.5, 0.6) is 0 Å². The lowest BCUT2D eigenvalue weighted by molar-refractivity contribution is 0.266. The lowest BCUT2D eigenvalue weighted by Crippen LogP contribution is -2.31. The summed E-state index contributed by atoms with van der Waals surface area (Å²) in [6.45, 7) is 2.97. The average molecular weight is 447 g/mol. The van der Waals surface area contributed by atoms with E-state index >= 15 is 0 Å². The Labute approximate surface area is 171 Å². The van der Waals surface area contributed by atoms with Gasteiger partial charge in [0, 0.05) is 25.7 Å². The third kappa shape index (κ3) is 4.33. The second kappa shape index (κ2) is 8.38. The fraction of sp³-hybridized carbons (Fsp3) is 0.333. The van der Waals surface area contributed by atoms with Gasteiger partial charge in [0.25, 0.3) is 10.0 Å². The summed E-state index contributed by atoms with van der Waals surface area (Å²) in [6.07, 6.45) is 0. The standard InChI is InChI=1S/C18H23ClN2O5S2/c1-13-11-14(2)18(28(25,26)20(3)9-10-22)12-17(13)21(4)27(23,24)16-7-5-15(19)6-8-16/h5-8,11-12,22H,9-10H2,1-4H3. The number of aliphatic hydroxyl groups is 1. The molecule has 28 heavy (non-hydrogen) atoms. The summed E-state index contributed by atoms with van der Waals surface area (Å²) in [7, 11) is -5.07. The number of nitrogens with zero attached hydrogens (tertiary/aromatic N) is 2. The normalized spacial score (nSPS) is 12.4. The minimum atomic E-state index is -3.91. The lowest BCUT2D eigenvalue weighted by Gasteiger charge is -2.24. The summed E-state index contributed by atoms with van der Waals surface area (Å²) < 4.78 is 53.7. The van der Waals surface area contributed by atoms with Crippen molar-refractivity contribution >= 4 is 37.3 Å². The van der Waals surface area contributed by atoms with Crippen molar-refractivity contribution in [1.29, 1.82) is 0 Å². The summed E-state index contributed by atoms with van der Waals surface area (Å²) in [5, 5.41) is 9.46. The molecule has 1 N–H and O–H groups in total. The zero-order valence-corrected chi connectivity index (χ0v) is 18.4. The van der Waals surface area contributed by atoms with Gasteiger partial charge in [-0.3, -0.25) is 4.31 Å². The Hall–Kier alpha value is -1.65. The van der Waals surface area contributed by atoms with Crippen LogP contribution >= 0.6 is 11.6 Å². The van der Waals surface area contributed by atoms with Gasteiger partial charge >= 0.3 is 0 Å². The van der Waals surface area contributed by atoms with Crippen LogP contribution in [0, 0.1) is 13.8 Å². The number of benzene rings is 2. The molecule has 0 aliphatic heterocycles. The highest BCUT2D eigenvalue weighted by Crippen LogP contribution is 2.31. The first-order chi connectivity index (χ1) is 12.9. The van der Waals surface area contributed by atoms with Gasteiger partial charge in [0.2, 0.25) is 10.0 Å². The third-order valence-electron chi connectivity index (χ3n) is 4.41. The maximum Gasteiger partial charge on any atom is 0.264 e. The van der Waals surface area contributed by atoms with E-state index in [1.165, 1.54) is 44.4 Å². The number of hydrogen-bond donors (Lipinski definition) is 1. The quantitative estimate of drug-likeness (QED) is 0.704. The Balaban J connectivity index is 2.58. The van der Waals surface area contributed by atoms with E-state index < -0.39 is 20.0 Å². The van der Waals surface area contributed by atoms with Crippen molar-refractivity contribution in [3.05, 3.63) is 52.5 Å². The Morgan fingerprint density at radius 2 is 1.50 bits per heavy atom. The van der Waals surface area contributed by atoms with Crippen LogP contribution in [0.15, 0.2) is 46.2 Å². The molecule has 154 valence electrons. The Bertz CT molecular complexity index is 1070. The Morgan fingerprint density at radius 1 is 0.929 bits per heavy atom. The molecule has 0 unspecified atom stereocenters. The van der Waals surface area contributed by atoms with Crippen molar-refractivity contribution in [1.82, 2.24) is 4.31 Å².